The molecule has 0 N–H and O–H groups in total. The predicted octanol–water partition coefficient (Wildman–Crippen LogP) is 2.67. The molecule has 2 aliphatic heterocycles. The second-order valence-corrected chi connectivity index (χ2v) is 7.07. The molecule has 1 amide bonds. The topological polar surface area (TPSA) is 58.8 Å². The Balaban J connectivity index is 1.44. The van der Waals surface area contributed by atoms with E-state index in [4.69, 9.17) is 9.26 Å². The van der Waals surface area contributed by atoms with Gasteiger partial charge in [-0.15, -0.1) is 0 Å². The van der Waals surface area contributed by atoms with Crippen molar-refractivity contribution in [2.24, 2.45) is 0 Å². The minimum atomic E-state index is -0.0862. The number of ether oxygens (including phenoxy) is 1. The third kappa shape index (κ3) is 3.39. The summed E-state index contributed by atoms with van der Waals surface area (Å²) in [6.45, 7) is 6.00. The van der Waals surface area contributed by atoms with Crippen LogP contribution in [0.5, 0.6) is 0 Å². The first kappa shape index (κ1) is 17.2. The first-order chi connectivity index (χ1) is 12.8. The van der Waals surface area contributed by atoms with Crippen molar-refractivity contribution in [2.45, 2.75) is 31.8 Å². The van der Waals surface area contributed by atoms with Gasteiger partial charge in [-0.25, -0.2) is 0 Å². The third-order valence-corrected chi connectivity index (χ3v) is 5.32. The first-order valence-corrected chi connectivity index (χ1v) is 9.41. The molecular formula is C20H25N3O3. The number of amides is 1. The standard InChI is InChI=1S/C20H25N3O3/c1-2-6-16-13-25-14-17-12-22(9-10-23(16)17)20(24)19-11-18(21-26-19)15-7-4-3-5-8-15/h3-5,7-8,11,16-17H,2,6,9-10,12-14H2,1H3/t16-,17+/m0/s1. The third-order valence-electron chi connectivity index (χ3n) is 5.32. The van der Waals surface area contributed by atoms with Crippen molar-refractivity contribution in [2.75, 3.05) is 32.8 Å². The molecule has 6 heteroatoms. The fraction of sp³-hybridized carbons (Fsp3) is 0.500. The highest BCUT2D eigenvalue weighted by molar-refractivity contribution is 5.92. The molecular weight excluding hydrogens is 330 g/mol. The van der Waals surface area contributed by atoms with Crippen LogP contribution in [0.1, 0.15) is 30.3 Å². The molecule has 0 spiro atoms. The van der Waals surface area contributed by atoms with E-state index in [0.717, 1.165) is 38.1 Å². The van der Waals surface area contributed by atoms with Gasteiger partial charge in [0, 0.05) is 37.3 Å². The highest BCUT2D eigenvalue weighted by Gasteiger charge is 2.37. The summed E-state index contributed by atoms with van der Waals surface area (Å²) in [4.78, 5) is 17.2. The highest BCUT2D eigenvalue weighted by Crippen LogP contribution is 2.24. The van der Waals surface area contributed by atoms with Crippen LogP contribution in [0.25, 0.3) is 11.3 Å². The van der Waals surface area contributed by atoms with Gasteiger partial charge < -0.3 is 14.2 Å². The number of aromatic nitrogens is 1. The summed E-state index contributed by atoms with van der Waals surface area (Å²) in [6.07, 6.45) is 2.30. The molecule has 0 saturated carbocycles. The maximum atomic E-state index is 12.9. The average Bonchev–Trinajstić information content (AvgIpc) is 3.18. The van der Waals surface area contributed by atoms with E-state index in [1.54, 1.807) is 6.07 Å². The smallest absolute Gasteiger partial charge is 0.292 e. The van der Waals surface area contributed by atoms with Gasteiger partial charge in [-0.3, -0.25) is 9.69 Å². The SMILES string of the molecule is CCC[C@H]1COC[C@H]2CN(C(=O)c3cc(-c4ccccc4)no3)CCN12. The lowest BCUT2D eigenvalue weighted by Crippen LogP contribution is -2.62. The normalized spacial score (nSPS) is 23.7. The molecule has 2 aromatic rings. The lowest BCUT2D eigenvalue weighted by molar-refractivity contribution is -0.0779. The zero-order chi connectivity index (χ0) is 17.9. The summed E-state index contributed by atoms with van der Waals surface area (Å²) in [5, 5.41) is 4.06. The fourth-order valence-electron chi connectivity index (χ4n) is 3.98. The van der Waals surface area contributed by atoms with E-state index in [1.807, 2.05) is 35.2 Å². The molecule has 1 aromatic carbocycles. The number of carbonyl (C=O) groups is 1. The van der Waals surface area contributed by atoms with Crippen LogP contribution in [-0.2, 0) is 4.74 Å². The molecule has 6 nitrogen and oxygen atoms in total. The van der Waals surface area contributed by atoms with Crippen LogP contribution in [0.4, 0.5) is 0 Å². The Kier molecular flexibility index (Phi) is 5.04. The second kappa shape index (κ2) is 7.60. The number of carbonyl (C=O) groups excluding carboxylic acids is 1. The van der Waals surface area contributed by atoms with E-state index in [0.29, 0.717) is 30.6 Å². The molecule has 0 unspecified atom stereocenters. The summed E-state index contributed by atoms with van der Waals surface area (Å²) < 4.78 is 11.1. The van der Waals surface area contributed by atoms with Crippen molar-refractivity contribution in [3.05, 3.63) is 42.2 Å². The van der Waals surface area contributed by atoms with Crippen LogP contribution in [-0.4, -0.2) is 65.8 Å². The number of hydrogen-bond acceptors (Lipinski definition) is 5. The van der Waals surface area contributed by atoms with Crippen LogP contribution in [0.3, 0.4) is 0 Å². The van der Waals surface area contributed by atoms with Gasteiger partial charge in [-0.2, -0.15) is 0 Å². The summed E-state index contributed by atoms with van der Waals surface area (Å²) in [6, 6.07) is 12.2. The number of rotatable bonds is 4. The molecule has 2 saturated heterocycles. The molecule has 1 aromatic heterocycles. The Morgan fingerprint density at radius 1 is 1.23 bits per heavy atom. The van der Waals surface area contributed by atoms with Crippen molar-refractivity contribution >= 4 is 5.91 Å². The van der Waals surface area contributed by atoms with E-state index in [9.17, 15) is 4.79 Å². The monoisotopic (exact) mass is 355 g/mol. The van der Waals surface area contributed by atoms with Crippen molar-refractivity contribution in [3.63, 3.8) is 0 Å². The minimum Gasteiger partial charge on any atom is -0.378 e. The van der Waals surface area contributed by atoms with E-state index in [1.165, 1.54) is 0 Å². The van der Waals surface area contributed by atoms with Gasteiger partial charge in [0.05, 0.1) is 19.3 Å². The molecule has 138 valence electrons. The Labute approximate surface area is 153 Å². The van der Waals surface area contributed by atoms with Crippen LogP contribution < -0.4 is 0 Å². The zero-order valence-corrected chi connectivity index (χ0v) is 15.1. The zero-order valence-electron chi connectivity index (χ0n) is 15.1. The van der Waals surface area contributed by atoms with E-state index in [-0.39, 0.29) is 11.9 Å². The van der Waals surface area contributed by atoms with Crippen LogP contribution >= 0.6 is 0 Å². The van der Waals surface area contributed by atoms with Gasteiger partial charge in [0.2, 0.25) is 5.76 Å². The van der Waals surface area contributed by atoms with Gasteiger partial charge in [0.15, 0.2) is 0 Å². The fourth-order valence-corrected chi connectivity index (χ4v) is 3.98. The Morgan fingerprint density at radius 3 is 2.88 bits per heavy atom. The number of nitrogens with zero attached hydrogens (tertiary/aromatic N) is 3. The lowest BCUT2D eigenvalue weighted by atomic mass is 10.0. The van der Waals surface area contributed by atoms with Crippen molar-refractivity contribution in [3.8, 4) is 11.3 Å². The minimum absolute atomic E-state index is 0.0862. The van der Waals surface area contributed by atoms with E-state index >= 15 is 0 Å². The predicted molar refractivity (Wildman–Crippen MR) is 97.9 cm³/mol. The molecule has 3 heterocycles. The summed E-state index contributed by atoms with van der Waals surface area (Å²) in [7, 11) is 0. The Bertz CT molecular complexity index is 744. The molecule has 0 radical (unpaired) electrons. The van der Waals surface area contributed by atoms with E-state index in [2.05, 4.69) is 17.0 Å². The highest BCUT2D eigenvalue weighted by atomic mass is 16.5. The maximum Gasteiger partial charge on any atom is 0.292 e. The molecule has 4 rings (SSSR count). The number of piperazine rings is 1. The summed E-state index contributed by atoms with van der Waals surface area (Å²) >= 11 is 0. The molecule has 2 fully saturated rings. The summed E-state index contributed by atoms with van der Waals surface area (Å²) in [5.41, 5.74) is 1.64. The van der Waals surface area contributed by atoms with Gasteiger partial charge in [0.25, 0.3) is 5.91 Å². The molecule has 26 heavy (non-hydrogen) atoms. The average molecular weight is 355 g/mol. The maximum absolute atomic E-state index is 12.9. The van der Waals surface area contributed by atoms with Crippen molar-refractivity contribution in [1.82, 2.24) is 15.0 Å². The number of hydrogen-bond donors (Lipinski definition) is 0. The van der Waals surface area contributed by atoms with Gasteiger partial charge in [-0.1, -0.05) is 48.8 Å². The summed E-state index contributed by atoms with van der Waals surface area (Å²) in [5.74, 6) is 0.219. The van der Waals surface area contributed by atoms with Crippen LogP contribution in [0, 0.1) is 0 Å². The molecule has 2 aliphatic rings. The van der Waals surface area contributed by atoms with E-state index < -0.39 is 0 Å². The van der Waals surface area contributed by atoms with Gasteiger partial charge >= 0.3 is 0 Å². The number of benzene rings is 1. The van der Waals surface area contributed by atoms with Crippen molar-refractivity contribution in [1.29, 1.82) is 0 Å². The first-order valence-electron chi connectivity index (χ1n) is 9.41. The Morgan fingerprint density at radius 2 is 2.08 bits per heavy atom. The van der Waals surface area contributed by atoms with Gasteiger partial charge in [-0.05, 0) is 6.42 Å². The largest absolute Gasteiger partial charge is 0.378 e. The quantitative estimate of drug-likeness (QED) is 0.844. The van der Waals surface area contributed by atoms with Crippen LogP contribution in [0.15, 0.2) is 40.9 Å². The molecule has 2 atom stereocenters. The van der Waals surface area contributed by atoms with Gasteiger partial charge in [0.1, 0.15) is 5.69 Å². The molecule has 0 aliphatic carbocycles. The number of morpholine rings is 1. The van der Waals surface area contributed by atoms with Crippen LogP contribution in [0.2, 0.25) is 0 Å². The molecule has 0 bridgehead atoms. The van der Waals surface area contributed by atoms with Crippen molar-refractivity contribution < 1.29 is 14.1 Å². The second-order valence-electron chi connectivity index (χ2n) is 7.07. The number of fused-ring (bicyclic) bond motifs is 1. The Hall–Kier alpha value is -2.18. The lowest BCUT2D eigenvalue weighted by Gasteiger charge is -2.47.